The molecule has 34 heavy (non-hydrogen) atoms. The molecule has 0 unspecified atom stereocenters. The van der Waals surface area contributed by atoms with Crippen molar-refractivity contribution in [2.24, 2.45) is 5.73 Å². The number of methoxy groups -OCH3 is 1. The number of nitrogens with one attached hydrogen (secondary N) is 2. The number of rotatable bonds is 8. The molecule has 8 nitrogen and oxygen atoms in total. The van der Waals surface area contributed by atoms with Crippen LogP contribution in [0.5, 0.6) is 5.75 Å². The van der Waals surface area contributed by atoms with Gasteiger partial charge in [-0.15, -0.1) is 0 Å². The fourth-order valence-electron chi connectivity index (χ4n) is 3.70. The minimum absolute atomic E-state index is 0.0523. The number of fused-ring (bicyclic) bond motifs is 1. The predicted molar refractivity (Wildman–Crippen MR) is 130 cm³/mol. The Labute approximate surface area is 200 Å². The summed E-state index contributed by atoms with van der Waals surface area (Å²) in [7, 11) is 1.38. The zero-order valence-corrected chi connectivity index (χ0v) is 19.5. The van der Waals surface area contributed by atoms with Gasteiger partial charge in [-0.1, -0.05) is 18.5 Å². The first-order chi connectivity index (χ1) is 16.5. The van der Waals surface area contributed by atoms with E-state index in [1.165, 1.54) is 13.2 Å². The first-order valence-electron chi connectivity index (χ1n) is 10.7. The quantitative estimate of drug-likeness (QED) is 0.347. The standard InChI is InChI=1S/C24H24ClFN6O2/c1-3-14-12-15(4-5-16(14)24(33)29-9-8-27)31-22-23-30-13-18(32(23)11-10-28-22)17-6-7-19(34-2)21(26)20(17)25/h4-7,10-13H,3,8-9,27H2,1-2H3,(H,28,31)(H,29,33). The molecular weight excluding hydrogens is 459 g/mol. The third-order valence-corrected chi connectivity index (χ3v) is 5.76. The summed E-state index contributed by atoms with van der Waals surface area (Å²) in [6.45, 7) is 2.78. The van der Waals surface area contributed by atoms with Crippen LogP contribution in [0, 0.1) is 5.82 Å². The summed E-state index contributed by atoms with van der Waals surface area (Å²) in [5, 5.41) is 6.01. The number of benzene rings is 2. The Bertz CT molecular complexity index is 1360. The highest BCUT2D eigenvalue weighted by atomic mass is 35.5. The monoisotopic (exact) mass is 482 g/mol. The highest BCUT2D eigenvalue weighted by molar-refractivity contribution is 6.33. The average Bonchev–Trinajstić information content (AvgIpc) is 3.29. The van der Waals surface area contributed by atoms with Gasteiger partial charge in [-0.2, -0.15) is 0 Å². The van der Waals surface area contributed by atoms with E-state index in [9.17, 15) is 9.18 Å². The van der Waals surface area contributed by atoms with Gasteiger partial charge in [0.25, 0.3) is 5.91 Å². The van der Waals surface area contributed by atoms with Crippen molar-refractivity contribution in [1.29, 1.82) is 0 Å². The first kappa shape index (κ1) is 23.5. The summed E-state index contributed by atoms with van der Waals surface area (Å²) in [6, 6.07) is 8.68. The van der Waals surface area contributed by atoms with Gasteiger partial charge >= 0.3 is 0 Å². The van der Waals surface area contributed by atoms with Crippen LogP contribution in [-0.4, -0.2) is 40.5 Å². The highest BCUT2D eigenvalue weighted by Crippen LogP contribution is 2.35. The van der Waals surface area contributed by atoms with Crippen LogP contribution in [0.2, 0.25) is 5.02 Å². The van der Waals surface area contributed by atoms with Gasteiger partial charge in [0, 0.05) is 42.3 Å². The number of imidazole rings is 1. The summed E-state index contributed by atoms with van der Waals surface area (Å²) in [4.78, 5) is 21.3. The number of aryl methyl sites for hydroxylation is 1. The van der Waals surface area contributed by atoms with Crippen molar-refractivity contribution in [2.45, 2.75) is 13.3 Å². The van der Waals surface area contributed by atoms with Crippen LogP contribution in [0.1, 0.15) is 22.8 Å². The van der Waals surface area contributed by atoms with E-state index < -0.39 is 5.82 Å². The lowest BCUT2D eigenvalue weighted by Gasteiger charge is -2.13. The summed E-state index contributed by atoms with van der Waals surface area (Å²) in [5.41, 5.74) is 9.34. The largest absolute Gasteiger partial charge is 0.494 e. The third kappa shape index (κ3) is 4.40. The van der Waals surface area contributed by atoms with E-state index in [1.807, 2.05) is 13.0 Å². The molecule has 0 fully saturated rings. The number of carbonyl (C=O) groups excluding carboxylic acids is 1. The summed E-state index contributed by atoms with van der Waals surface area (Å²) < 4.78 is 21.3. The zero-order valence-electron chi connectivity index (χ0n) is 18.7. The van der Waals surface area contributed by atoms with Gasteiger partial charge in [-0.05, 0) is 42.3 Å². The molecule has 0 aliphatic heterocycles. The minimum Gasteiger partial charge on any atom is -0.494 e. The molecule has 2 aromatic heterocycles. The Morgan fingerprint density at radius 2 is 2.09 bits per heavy atom. The van der Waals surface area contributed by atoms with Gasteiger partial charge in [-0.25, -0.2) is 14.4 Å². The number of hydrogen-bond acceptors (Lipinski definition) is 6. The summed E-state index contributed by atoms with van der Waals surface area (Å²) >= 11 is 6.28. The second-order valence-electron chi connectivity index (χ2n) is 7.45. The molecule has 10 heteroatoms. The lowest BCUT2D eigenvalue weighted by Crippen LogP contribution is -2.29. The fourth-order valence-corrected chi connectivity index (χ4v) is 3.95. The third-order valence-electron chi connectivity index (χ3n) is 5.39. The normalized spacial score (nSPS) is 11.0. The van der Waals surface area contributed by atoms with Gasteiger partial charge < -0.3 is 21.1 Å². The van der Waals surface area contributed by atoms with E-state index in [0.717, 1.165) is 11.3 Å². The molecule has 0 radical (unpaired) electrons. The SMILES string of the molecule is CCc1cc(Nc2nccn3c(-c4ccc(OC)c(F)c4Cl)cnc23)ccc1C(=O)NCCN. The van der Waals surface area contributed by atoms with E-state index in [0.29, 0.717) is 47.8 Å². The van der Waals surface area contributed by atoms with Crippen LogP contribution in [0.15, 0.2) is 48.9 Å². The molecule has 0 saturated heterocycles. The average molecular weight is 483 g/mol. The molecule has 0 bridgehead atoms. The van der Waals surface area contributed by atoms with Gasteiger partial charge in [0.1, 0.15) is 0 Å². The molecule has 2 heterocycles. The molecule has 1 amide bonds. The Hall–Kier alpha value is -3.69. The van der Waals surface area contributed by atoms with Crippen molar-refractivity contribution in [3.63, 3.8) is 0 Å². The molecular formula is C24H24ClFN6O2. The molecule has 0 spiro atoms. The molecule has 4 rings (SSSR count). The molecule has 176 valence electrons. The Morgan fingerprint density at radius 1 is 1.26 bits per heavy atom. The summed E-state index contributed by atoms with van der Waals surface area (Å²) in [6.07, 6.45) is 5.62. The Kier molecular flexibility index (Phi) is 6.95. The molecule has 0 aliphatic rings. The lowest BCUT2D eigenvalue weighted by atomic mass is 10.0. The van der Waals surface area contributed by atoms with Gasteiger partial charge in [0.05, 0.1) is 24.0 Å². The maximum Gasteiger partial charge on any atom is 0.251 e. The molecule has 0 atom stereocenters. The van der Waals surface area contributed by atoms with Crippen LogP contribution in [0.3, 0.4) is 0 Å². The molecule has 0 aliphatic carbocycles. The maximum atomic E-state index is 14.5. The van der Waals surface area contributed by atoms with Crippen LogP contribution < -0.4 is 21.1 Å². The number of anilines is 2. The van der Waals surface area contributed by atoms with Crippen LogP contribution in [0.4, 0.5) is 15.9 Å². The van der Waals surface area contributed by atoms with Crippen molar-refractivity contribution in [3.05, 3.63) is 70.9 Å². The number of halogens is 2. The number of carbonyl (C=O) groups is 1. The Balaban J connectivity index is 1.68. The van der Waals surface area contributed by atoms with Crippen LogP contribution in [0.25, 0.3) is 16.9 Å². The van der Waals surface area contributed by atoms with Gasteiger partial charge in [-0.3, -0.25) is 9.20 Å². The van der Waals surface area contributed by atoms with E-state index in [2.05, 4.69) is 20.6 Å². The smallest absolute Gasteiger partial charge is 0.251 e. The Morgan fingerprint density at radius 3 is 2.82 bits per heavy atom. The second kappa shape index (κ2) is 10.1. The fraction of sp³-hybridized carbons (Fsp3) is 0.208. The van der Waals surface area contributed by atoms with Crippen molar-refractivity contribution in [1.82, 2.24) is 19.7 Å². The predicted octanol–water partition coefficient (Wildman–Crippen LogP) is 4.19. The zero-order chi connectivity index (χ0) is 24.2. The number of aromatic nitrogens is 3. The second-order valence-corrected chi connectivity index (χ2v) is 7.83. The maximum absolute atomic E-state index is 14.5. The van der Waals surface area contributed by atoms with E-state index >= 15 is 0 Å². The van der Waals surface area contributed by atoms with Crippen molar-refractivity contribution < 1.29 is 13.9 Å². The first-order valence-corrected chi connectivity index (χ1v) is 11.1. The van der Waals surface area contributed by atoms with Crippen molar-refractivity contribution >= 4 is 34.7 Å². The van der Waals surface area contributed by atoms with Crippen molar-refractivity contribution in [3.8, 4) is 17.0 Å². The van der Waals surface area contributed by atoms with Crippen LogP contribution in [-0.2, 0) is 6.42 Å². The molecule has 2 aromatic carbocycles. The minimum atomic E-state index is -0.633. The molecule has 4 aromatic rings. The molecule has 4 N–H and O–H groups in total. The van der Waals surface area contributed by atoms with E-state index in [4.69, 9.17) is 22.1 Å². The number of nitrogens with two attached hydrogens (primary N) is 1. The van der Waals surface area contributed by atoms with Gasteiger partial charge in [0.2, 0.25) is 0 Å². The van der Waals surface area contributed by atoms with Gasteiger partial charge in [0.15, 0.2) is 23.0 Å². The van der Waals surface area contributed by atoms with Crippen LogP contribution >= 0.6 is 11.6 Å². The number of hydrogen-bond donors (Lipinski definition) is 3. The number of ether oxygens (including phenoxy) is 1. The molecule has 0 saturated carbocycles. The number of nitrogens with zero attached hydrogens (tertiary/aromatic N) is 3. The number of amides is 1. The van der Waals surface area contributed by atoms with Crippen molar-refractivity contribution in [2.75, 3.05) is 25.5 Å². The lowest BCUT2D eigenvalue weighted by molar-refractivity contribution is 0.0954. The van der Waals surface area contributed by atoms with E-state index in [-0.39, 0.29) is 16.7 Å². The topological polar surface area (TPSA) is 107 Å². The summed E-state index contributed by atoms with van der Waals surface area (Å²) in [5.74, 6) is -0.220. The van der Waals surface area contributed by atoms with E-state index in [1.54, 1.807) is 41.2 Å². The highest BCUT2D eigenvalue weighted by Gasteiger charge is 2.18.